The van der Waals surface area contributed by atoms with Crippen molar-refractivity contribution >= 4 is 21.4 Å². The molecule has 0 saturated carbocycles. The summed E-state index contributed by atoms with van der Waals surface area (Å²) < 4.78 is 29.0. The van der Waals surface area contributed by atoms with Crippen molar-refractivity contribution < 1.29 is 8.42 Å². The van der Waals surface area contributed by atoms with E-state index in [4.69, 9.17) is 0 Å². The molecule has 0 fully saturated rings. The monoisotopic (exact) mass is 328 g/mol. The van der Waals surface area contributed by atoms with Crippen molar-refractivity contribution in [1.29, 1.82) is 0 Å². The highest BCUT2D eigenvalue weighted by Crippen LogP contribution is 2.21. The Morgan fingerprint density at radius 2 is 2.10 bits per heavy atom. The van der Waals surface area contributed by atoms with Crippen molar-refractivity contribution in [2.75, 3.05) is 6.54 Å². The number of sulfonamides is 1. The Labute approximate surface area is 129 Å². The summed E-state index contributed by atoms with van der Waals surface area (Å²) in [4.78, 5) is 1.02. The van der Waals surface area contributed by atoms with Gasteiger partial charge in [0.2, 0.25) is 10.0 Å². The molecular weight excluding hydrogens is 308 g/mol. The maximum Gasteiger partial charge on any atom is 0.250 e. The van der Waals surface area contributed by atoms with Crippen LogP contribution in [-0.4, -0.2) is 24.7 Å². The molecule has 0 amide bonds. The molecule has 0 bridgehead atoms. The predicted molar refractivity (Wildman–Crippen MR) is 83.6 cm³/mol. The zero-order valence-corrected chi connectivity index (χ0v) is 13.8. The van der Waals surface area contributed by atoms with Gasteiger partial charge in [0.15, 0.2) is 0 Å². The van der Waals surface area contributed by atoms with Crippen LogP contribution in [0.3, 0.4) is 0 Å². The van der Waals surface area contributed by atoms with Gasteiger partial charge in [0.1, 0.15) is 4.21 Å². The first-order chi connectivity index (χ1) is 10.0. The molecule has 0 radical (unpaired) electrons. The molecule has 116 valence electrons. The average Bonchev–Trinajstić information content (AvgIpc) is 3.06. The summed E-state index contributed by atoms with van der Waals surface area (Å²) in [5, 5.41) is 7.40. The summed E-state index contributed by atoms with van der Waals surface area (Å²) in [6.45, 7) is 3.93. The largest absolute Gasteiger partial charge is 0.312 e. The molecule has 2 heterocycles. The van der Waals surface area contributed by atoms with Gasteiger partial charge in [0, 0.05) is 24.7 Å². The number of rotatable bonds is 8. The Kier molecular flexibility index (Phi) is 5.51. The Morgan fingerprint density at radius 1 is 1.29 bits per heavy atom. The molecule has 0 unspecified atom stereocenters. The fraction of sp³-hybridized carbons (Fsp3) is 0.462. The lowest BCUT2D eigenvalue weighted by atomic mass is 10.4. The van der Waals surface area contributed by atoms with Crippen LogP contribution in [0.5, 0.6) is 0 Å². The zero-order valence-electron chi connectivity index (χ0n) is 12.2. The Morgan fingerprint density at radius 3 is 2.76 bits per heavy atom. The van der Waals surface area contributed by atoms with Gasteiger partial charge in [0.25, 0.3) is 0 Å². The minimum absolute atomic E-state index is 0.199. The van der Waals surface area contributed by atoms with E-state index < -0.39 is 10.0 Å². The molecule has 2 aromatic heterocycles. The number of thiophene rings is 1. The van der Waals surface area contributed by atoms with Crippen molar-refractivity contribution in [1.82, 2.24) is 19.8 Å². The van der Waals surface area contributed by atoms with Crippen LogP contribution in [0.25, 0.3) is 0 Å². The van der Waals surface area contributed by atoms with E-state index in [-0.39, 0.29) is 6.54 Å². The van der Waals surface area contributed by atoms with E-state index in [1.165, 1.54) is 11.3 Å². The summed E-state index contributed by atoms with van der Waals surface area (Å²) in [5.74, 6) is 0. The molecule has 0 aromatic carbocycles. The molecule has 2 N–H and O–H groups in total. The van der Waals surface area contributed by atoms with E-state index in [0.717, 1.165) is 17.8 Å². The molecule has 0 aliphatic rings. The lowest BCUT2D eigenvalue weighted by Crippen LogP contribution is -2.22. The van der Waals surface area contributed by atoms with Crippen LogP contribution in [-0.2, 0) is 30.2 Å². The predicted octanol–water partition coefficient (Wildman–Crippen LogP) is 1.46. The highest BCUT2D eigenvalue weighted by molar-refractivity contribution is 7.91. The van der Waals surface area contributed by atoms with Crippen LogP contribution < -0.4 is 10.0 Å². The molecular formula is C13H20N4O2S2. The second-order valence-corrected chi connectivity index (χ2v) is 7.86. The maximum absolute atomic E-state index is 12.2. The highest BCUT2D eigenvalue weighted by Gasteiger charge is 2.16. The normalized spacial score (nSPS) is 11.9. The van der Waals surface area contributed by atoms with Gasteiger partial charge in [0.05, 0.1) is 12.2 Å². The maximum atomic E-state index is 12.2. The first kappa shape index (κ1) is 16.2. The number of hydrogen-bond donors (Lipinski definition) is 2. The number of hydrogen-bond acceptors (Lipinski definition) is 5. The van der Waals surface area contributed by atoms with Crippen molar-refractivity contribution in [3.63, 3.8) is 0 Å². The molecule has 21 heavy (non-hydrogen) atoms. The third kappa shape index (κ3) is 4.63. The summed E-state index contributed by atoms with van der Waals surface area (Å²) in [6.07, 6.45) is 2.84. The molecule has 8 heteroatoms. The zero-order chi connectivity index (χ0) is 15.3. The van der Waals surface area contributed by atoms with Gasteiger partial charge < -0.3 is 5.32 Å². The topological polar surface area (TPSA) is 76.0 Å². The van der Waals surface area contributed by atoms with Crippen molar-refractivity contribution in [3.8, 4) is 0 Å². The number of aryl methyl sites for hydroxylation is 1. The lowest BCUT2D eigenvalue weighted by Gasteiger charge is -2.02. The molecule has 0 aliphatic heterocycles. The number of nitrogens with one attached hydrogen (secondary N) is 2. The molecule has 6 nitrogen and oxygen atoms in total. The lowest BCUT2D eigenvalue weighted by molar-refractivity contribution is 0.581. The molecule has 0 atom stereocenters. The summed E-state index contributed by atoms with van der Waals surface area (Å²) in [6, 6.07) is 5.29. The molecule has 2 aromatic rings. The van der Waals surface area contributed by atoms with Gasteiger partial charge in [-0.1, -0.05) is 6.92 Å². The minimum Gasteiger partial charge on any atom is -0.312 e. The number of nitrogens with zero attached hydrogens (tertiary/aromatic N) is 2. The molecule has 0 spiro atoms. The summed E-state index contributed by atoms with van der Waals surface area (Å²) >= 11 is 1.29. The van der Waals surface area contributed by atoms with Crippen LogP contribution in [0.15, 0.2) is 28.6 Å². The Bertz CT molecular complexity index is 676. The van der Waals surface area contributed by atoms with Gasteiger partial charge in [-0.2, -0.15) is 5.10 Å². The van der Waals surface area contributed by atoms with Gasteiger partial charge in [-0.15, -0.1) is 11.3 Å². The molecule has 0 aliphatic carbocycles. The van der Waals surface area contributed by atoms with Crippen LogP contribution in [0.2, 0.25) is 0 Å². The number of aromatic nitrogens is 2. The Hall–Kier alpha value is -1.22. The average molecular weight is 328 g/mol. The third-order valence-electron chi connectivity index (χ3n) is 2.84. The first-order valence-corrected chi connectivity index (χ1v) is 9.09. The summed E-state index contributed by atoms with van der Waals surface area (Å²) in [7, 11) is -1.67. The quantitative estimate of drug-likeness (QED) is 0.719. The second kappa shape index (κ2) is 7.17. The van der Waals surface area contributed by atoms with Crippen molar-refractivity contribution in [2.45, 2.75) is 30.6 Å². The van der Waals surface area contributed by atoms with Crippen LogP contribution >= 0.6 is 11.3 Å². The van der Waals surface area contributed by atoms with E-state index in [0.29, 0.717) is 16.4 Å². The SMILES string of the molecule is CCCNCc1ccc(S(=O)(=O)NCc2ccn(C)n2)s1. The van der Waals surface area contributed by atoms with E-state index >= 15 is 0 Å². The van der Waals surface area contributed by atoms with Crippen molar-refractivity contribution in [3.05, 3.63) is 35.0 Å². The van der Waals surface area contributed by atoms with Crippen molar-refractivity contribution in [2.24, 2.45) is 7.05 Å². The van der Waals surface area contributed by atoms with Gasteiger partial charge in [-0.25, -0.2) is 13.1 Å². The Balaban J connectivity index is 1.95. The van der Waals surface area contributed by atoms with E-state index in [1.807, 2.05) is 6.07 Å². The van der Waals surface area contributed by atoms with Crippen LogP contribution in [0, 0.1) is 0 Å². The minimum atomic E-state index is -3.47. The summed E-state index contributed by atoms with van der Waals surface area (Å²) in [5.41, 5.74) is 0.697. The van der Waals surface area contributed by atoms with Gasteiger partial charge >= 0.3 is 0 Å². The van der Waals surface area contributed by atoms with Gasteiger partial charge in [-0.05, 0) is 31.2 Å². The highest BCUT2D eigenvalue weighted by atomic mass is 32.2. The fourth-order valence-electron chi connectivity index (χ4n) is 1.78. The second-order valence-electron chi connectivity index (χ2n) is 4.70. The van der Waals surface area contributed by atoms with E-state index in [9.17, 15) is 8.42 Å². The van der Waals surface area contributed by atoms with E-state index in [1.54, 1.807) is 30.1 Å². The third-order valence-corrected chi connectivity index (χ3v) is 5.82. The van der Waals surface area contributed by atoms with Gasteiger partial charge in [-0.3, -0.25) is 4.68 Å². The standard InChI is InChI=1S/C13H20N4O2S2/c1-3-7-14-10-12-4-5-13(20-12)21(18,19)15-9-11-6-8-17(2)16-11/h4-6,8,14-15H,3,7,9-10H2,1-2H3. The fourth-order valence-corrected chi connectivity index (χ4v) is 4.15. The van der Waals surface area contributed by atoms with E-state index in [2.05, 4.69) is 22.1 Å². The smallest absolute Gasteiger partial charge is 0.250 e. The molecule has 2 rings (SSSR count). The molecule has 0 saturated heterocycles. The first-order valence-electron chi connectivity index (χ1n) is 6.79. The van der Waals surface area contributed by atoms with Crippen LogP contribution in [0.1, 0.15) is 23.9 Å². The van der Waals surface area contributed by atoms with Crippen LogP contribution in [0.4, 0.5) is 0 Å².